The van der Waals surface area contributed by atoms with E-state index in [9.17, 15) is 0 Å². The lowest BCUT2D eigenvalue weighted by atomic mass is 9.55. The minimum Gasteiger partial charge on any atom is -0.457 e. The molecule has 0 atom stereocenters. The minimum absolute atomic E-state index is 0.00306. The van der Waals surface area contributed by atoms with E-state index < -0.39 is 0 Å². The summed E-state index contributed by atoms with van der Waals surface area (Å²) in [6.45, 7) is 0. The standard InChI is InChI=1S/C48HB29O/c49-3-1-2(4-8-15(27(58)33(64)21(4)52)28(59)39(70)34(65)22(8)53)19(50)9-5(3)6(11-13(26(57)38(69)36(67)24(11)55)16-29(60)40(71)43(74)41(72)30(16)61)10-12(25(56)37(68)35(66)23(10)54)7(9)14-20(51)17-18-32(63)42(73)44(75)46(77)48(18)78-47(17)45(76)31(14)62/h1H. The molecular weight excluding hydrogens is 906 g/mol. The normalized spacial score (nSPS) is 11.8. The molecule has 0 bridgehead atoms. The minimum atomic E-state index is -0.271. The summed E-state index contributed by atoms with van der Waals surface area (Å²) in [5.41, 5.74) is -5.91. The molecule has 286 valence electrons. The molecule has 10 rings (SSSR count). The van der Waals surface area contributed by atoms with Gasteiger partial charge in [0.05, 0.1) is 0 Å². The first-order valence-corrected chi connectivity index (χ1v) is 22.9. The summed E-state index contributed by atoms with van der Waals surface area (Å²) >= 11 is 0. The average molecular weight is 907 g/mol. The first kappa shape index (κ1) is 56.7. The van der Waals surface area contributed by atoms with E-state index in [0.29, 0.717) is 0 Å². The maximum atomic E-state index is 7.71. The van der Waals surface area contributed by atoms with Crippen LogP contribution in [0.1, 0.15) is 0 Å². The molecule has 9 aromatic carbocycles. The van der Waals surface area contributed by atoms with Gasteiger partial charge in [0.25, 0.3) is 0 Å². The van der Waals surface area contributed by atoms with Crippen LogP contribution in [0.25, 0.3) is 98.8 Å². The van der Waals surface area contributed by atoms with E-state index in [4.69, 9.17) is 232 Å². The predicted molar refractivity (Wildman–Crippen MR) is 364 cm³/mol. The zero-order valence-corrected chi connectivity index (χ0v) is 41.2. The van der Waals surface area contributed by atoms with E-state index in [-0.39, 0.29) is 257 Å². The lowest BCUT2D eigenvalue weighted by Gasteiger charge is -2.33. The molecule has 0 spiro atoms. The van der Waals surface area contributed by atoms with E-state index in [2.05, 4.69) is 0 Å². The smallest absolute Gasteiger partial charge is 0.127 e. The van der Waals surface area contributed by atoms with Gasteiger partial charge in [-0.15, -0.1) is 65.6 Å². The van der Waals surface area contributed by atoms with E-state index in [1.165, 1.54) is 6.07 Å². The zero-order chi connectivity index (χ0) is 57.5. The monoisotopic (exact) mass is 912 g/mol. The summed E-state index contributed by atoms with van der Waals surface area (Å²) in [6, 6.07) is 1.42. The van der Waals surface area contributed by atoms with Crippen LogP contribution >= 0.6 is 0 Å². The summed E-state index contributed by atoms with van der Waals surface area (Å²) in [6.07, 6.45) is 0. The Morgan fingerprint density at radius 1 is 0.167 bits per heavy atom. The molecule has 10 aromatic rings. The van der Waals surface area contributed by atoms with Gasteiger partial charge in [-0.05, 0) is 76.8 Å². The first-order valence-electron chi connectivity index (χ1n) is 22.9. The van der Waals surface area contributed by atoms with Crippen LogP contribution in [0, 0.1) is 0 Å². The summed E-state index contributed by atoms with van der Waals surface area (Å²) in [5, 5.41) is -0.00326. The highest BCUT2D eigenvalue weighted by molar-refractivity contribution is 6.77. The molecule has 0 saturated heterocycles. The molecule has 1 heterocycles. The van der Waals surface area contributed by atoms with Crippen molar-refractivity contribution in [1.82, 2.24) is 0 Å². The fourth-order valence-corrected chi connectivity index (χ4v) is 10.9. The molecule has 1 aromatic heterocycles. The van der Waals surface area contributed by atoms with Crippen LogP contribution in [0.15, 0.2) is 10.5 Å². The Kier molecular flexibility index (Phi) is 14.0. The zero-order valence-electron chi connectivity index (χ0n) is 41.2. The van der Waals surface area contributed by atoms with Gasteiger partial charge in [-0.25, -0.2) is 0 Å². The molecule has 0 amide bonds. The summed E-state index contributed by atoms with van der Waals surface area (Å²) in [7, 11) is 198. The van der Waals surface area contributed by atoms with E-state index >= 15 is 0 Å². The number of rotatable bonds is 4. The fourth-order valence-electron chi connectivity index (χ4n) is 10.9. The number of furan rings is 1. The molecular formula is C48HB29O. The Morgan fingerprint density at radius 3 is 0.859 bits per heavy atom. The summed E-state index contributed by atoms with van der Waals surface area (Å²) in [4.78, 5) is 0. The lowest BCUT2D eigenvalue weighted by Crippen LogP contribution is -2.57. The Balaban J connectivity index is 1.60. The highest BCUT2D eigenvalue weighted by atomic mass is 16.3. The predicted octanol–water partition coefficient (Wildman–Crippen LogP) is -21.3. The van der Waals surface area contributed by atoms with Crippen LogP contribution in [0.4, 0.5) is 0 Å². The second-order valence-corrected chi connectivity index (χ2v) is 19.0. The van der Waals surface area contributed by atoms with Crippen LogP contribution in [-0.2, 0) is 0 Å². The Hall–Kier alpha value is -4.56. The molecule has 78 heavy (non-hydrogen) atoms. The van der Waals surface area contributed by atoms with Crippen molar-refractivity contribution in [1.29, 1.82) is 0 Å². The highest BCUT2D eigenvalue weighted by Crippen LogP contribution is 2.43. The molecule has 30 heteroatoms. The molecule has 58 radical (unpaired) electrons. The average Bonchev–Trinajstić information content (AvgIpc) is 3.98. The van der Waals surface area contributed by atoms with Crippen molar-refractivity contribution in [3.8, 4) is 44.5 Å². The van der Waals surface area contributed by atoms with Gasteiger partial charge >= 0.3 is 0 Å². The maximum Gasteiger partial charge on any atom is 0.127 e. The van der Waals surface area contributed by atoms with Crippen molar-refractivity contribution >= 4 is 440 Å². The largest absolute Gasteiger partial charge is 0.457 e. The Morgan fingerprint density at radius 2 is 0.410 bits per heavy atom. The number of hydrogen-bond donors (Lipinski definition) is 0. The van der Waals surface area contributed by atoms with Gasteiger partial charge in [-0.1, -0.05) is 98.9 Å². The maximum absolute atomic E-state index is 7.71. The van der Waals surface area contributed by atoms with Crippen LogP contribution < -0.4 is 158 Å². The summed E-state index contributed by atoms with van der Waals surface area (Å²) in [5.74, 6) is 0. The number of hydrogen-bond acceptors (Lipinski definition) is 1. The third kappa shape index (κ3) is 7.36. The van der Waals surface area contributed by atoms with Gasteiger partial charge in [0.1, 0.15) is 239 Å². The van der Waals surface area contributed by atoms with Gasteiger partial charge in [-0.3, -0.25) is 0 Å². The molecule has 1 nitrogen and oxygen atoms in total. The van der Waals surface area contributed by atoms with Crippen LogP contribution in [0.5, 0.6) is 0 Å². The van der Waals surface area contributed by atoms with Crippen LogP contribution in [-0.4, -0.2) is 228 Å². The quantitative estimate of drug-likeness (QED) is 0.127. The SMILES string of the molecule is [B]c1c([B])c([B])c(-c2c([B])c([B])c([B])c([B])c2-c2c3c([B])cc(-c4c([B])c([B])c([B])c5c([B])c([B])c([B])c([B])c45)c([B])c3c(-c3c([B])c([B])c4oc5c([B])c([B])c([B])c([B])c5c4c3[B])c3c([B])c([B])c([B])c([B])c23)c([B])c1[B]. The fraction of sp³-hybridized carbons (Fsp3) is 0. The molecule has 0 aliphatic heterocycles. The van der Waals surface area contributed by atoms with E-state index in [0.717, 1.165) is 0 Å². The van der Waals surface area contributed by atoms with E-state index in [1.54, 1.807) is 0 Å². The van der Waals surface area contributed by atoms with E-state index in [1.807, 2.05) is 0 Å². The van der Waals surface area contributed by atoms with Crippen molar-refractivity contribution in [2.75, 3.05) is 0 Å². The molecule has 0 N–H and O–H groups in total. The number of fused-ring (bicyclic) bond motifs is 6. The van der Waals surface area contributed by atoms with Crippen LogP contribution in [0.3, 0.4) is 0 Å². The summed E-state index contributed by atoms with van der Waals surface area (Å²) < 4.78 is 6.27. The lowest BCUT2D eigenvalue weighted by molar-refractivity contribution is 0.675. The van der Waals surface area contributed by atoms with Crippen molar-refractivity contribution in [3.63, 3.8) is 0 Å². The molecule has 0 fully saturated rings. The van der Waals surface area contributed by atoms with Crippen molar-refractivity contribution in [3.05, 3.63) is 6.07 Å². The molecule has 0 saturated carbocycles. The van der Waals surface area contributed by atoms with Gasteiger partial charge in [0.2, 0.25) is 0 Å². The van der Waals surface area contributed by atoms with Gasteiger partial charge in [0, 0.05) is 10.8 Å². The van der Waals surface area contributed by atoms with Gasteiger partial charge in [-0.2, -0.15) is 0 Å². The van der Waals surface area contributed by atoms with Gasteiger partial charge in [0.15, 0.2) is 0 Å². The van der Waals surface area contributed by atoms with Crippen LogP contribution in [0.2, 0.25) is 0 Å². The topological polar surface area (TPSA) is 13.1 Å². The first-order chi connectivity index (χ1) is 36.4. The Bertz CT molecular complexity index is 4500. The molecule has 0 aliphatic carbocycles. The third-order valence-electron chi connectivity index (χ3n) is 15.1. The number of benzene rings is 9. The molecule has 0 unspecified atom stereocenters. The molecule has 0 aliphatic rings. The Labute approximate surface area is 491 Å². The highest BCUT2D eigenvalue weighted by Gasteiger charge is 2.32. The van der Waals surface area contributed by atoms with Crippen molar-refractivity contribution in [2.24, 2.45) is 0 Å². The van der Waals surface area contributed by atoms with Crippen molar-refractivity contribution < 1.29 is 4.42 Å². The second-order valence-electron chi connectivity index (χ2n) is 19.0. The van der Waals surface area contributed by atoms with Crippen molar-refractivity contribution in [2.45, 2.75) is 0 Å². The third-order valence-corrected chi connectivity index (χ3v) is 15.1. The second kappa shape index (κ2) is 19.3. The van der Waals surface area contributed by atoms with Gasteiger partial charge < -0.3 is 4.42 Å².